The second-order valence-electron chi connectivity index (χ2n) is 3.96. The molecule has 0 unspecified atom stereocenters. The molecular formula is C12H15N3O. The van der Waals surface area contributed by atoms with E-state index in [0.29, 0.717) is 18.3 Å². The van der Waals surface area contributed by atoms with Crippen LogP contribution in [0, 0.1) is 20.8 Å². The quantitative estimate of drug-likeness (QED) is 0.858. The smallest absolute Gasteiger partial charge is 0.223 e. The molecule has 0 saturated carbocycles. The van der Waals surface area contributed by atoms with Crippen LogP contribution in [0.15, 0.2) is 22.7 Å². The monoisotopic (exact) mass is 217 g/mol. The molecule has 1 heterocycles. The average Bonchev–Trinajstić information content (AvgIpc) is 2.60. The zero-order valence-corrected chi connectivity index (χ0v) is 9.74. The largest absolute Gasteiger partial charge is 0.378 e. The van der Waals surface area contributed by atoms with Crippen molar-refractivity contribution >= 4 is 5.69 Å². The fourth-order valence-corrected chi connectivity index (χ4v) is 1.67. The lowest BCUT2D eigenvalue weighted by Gasteiger charge is -2.06. The van der Waals surface area contributed by atoms with Crippen LogP contribution >= 0.6 is 0 Å². The average molecular weight is 217 g/mol. The highest BCUT2D eigenvalue weighted by molar-refractivity contribution is 5.48. The van der Waals surface area contributed by atoms with Crippen LogP contribution in [-0.2, 0) is 6.54 Å². The number of nitrogens with zero attached hydrogens (tertiary/aromatic N) is 2. The van der Waals surface area contributed by atoms with Crippen LogP contribution in [0.5, 0.6) is 0 Å². The first-order valence-corrected chi connectivity index (χ1v) is 5.25. The number of rotatable bonds is 3. The number of anilines is 1. The summed E-state index contributed by atoms with van der Waals surface area (Å²) in [4.78, 5) is 4.13. The predicted molar refractivity (Wildman–Crippen MR) is 62.3 cm³/mol. The molecule has 2 rings (SSSR count). The first-order valence-electron chi connectivity index (χ1n) is 5.25. The molecule has 4 heteroatoms. The van der Waals surface area contributed by atoms with E-state index in [-0.39, 0.29) is 0 Å². The molecule has 0 aliphatic carbocycles. The topological polar surface area (TPSA) is 51.0 Å². The van der Waals surface area contributed by atoms with Crippen LogP contribution in [0.2, 0.25) is 0 Å². The third kappa shape index (κ3) is 2.59. The van der Waals surface area contributed by atoms with Crippen LogP contribution in [0.4, 0.5) is 5.69 Å². The van der Waals surface area contributed by atoms with Crippen LogP contribution in [-0.4, -0.2) is 10.1 Å². The molecule has 0 fully saturated rings. The van der Waals surface area contributed by atoms with Crippen molar-refractivity contribution in [3.8, 4) is 0 Å². The molecule has 0 aliphatic rings. The fraction of sp³-hybridized carbons (Fsp3) is 0.333. The number of benzene rings is 1. The summed E-state index contributed by atoms with van der Waals surface area (Å²) in [6.07, 6.45) is 0. The van der Waals surface area contributed by atoms with E-state index in [9.17, 15) is 0 Å². The van der Waals surface area contributed by atoms with E-state index in [4.69, 9.17) is 4.52 Å². The molecular weight excluding hydrogens is 202 g/mol. The molecule has 4 nitrogen and oxygen atoms in total. The normalized spacial score (nSPS) is 10.4. The summed E-state index contributed by atoms with van der Waals surface area (Å²) in [6, 6.07) is 6.34. The standard InChI is InChI=1S/C12H15N3O/c1-8-4-9(2)6-11(5-8)13-7-12-14-10(3)16-15-12/h4-6,13H,7H2,1-3H3. The molecule has 0 saturated heterocycles. The lowest BCUT2D eigenvalue weighted by atomic mass is 10.1. The molecule has 0 bridgehead atoms. The summed E-state index contributed by atoms with van der Waals surface area (Å²) in [6.45, 7) is 6.53. The highest BCUT2D eigenvalue weighted by Gasteiger charge is 2.02. The van der Waals surface area contributed by atoms with Gasteiger partial charge >= 0.3 is 0 Å². The summed E-state index contributed by atoms with van der Waals surface area (Å²) in [5, 5.41) is 7.10. The SMILES string of the molecule is Cc1cc(C)cc(NCc2noc(C)n2)c1. The van der Waals surface area contributed by atoms with E-state index >= 15 is 0 Å². The Balaban J connectivity index is 2.04. The van der Waals surface area contributed by atoms with E-state index in [2.05, 4.69) is 47.5 Å². The predicted octanol–water partition coefficient (Wildman–Crippen LogP) is 2.61. The lowest BCUT2D eigenvalue weighted by Crippen LogP contribution is -2.01. The van der Waals surface area contributed by atoms with Crippen molar-refractivity contribution in [2.24, 2.45) is 0 Å². The van der Waals surface area contributed by atoms with Gasteiger partial charge in [0, 0.05) is 12.6 Å². The zero-order chi connectivity index (χ0) is 11.5. The highest BCUT2D eigenvalue weighted by atomic mass is 16.5. The molecule has 2 aromatic rings. The van der Waals surface area contributed by atoms with Gasteiger partial charge in [0.25, 0.3) is 0 Å². The Hall–Kier alpha value is -1.84. The maximum atomic E-state index is 4.90. The molecule has 0 amide bonds. The van der Waals surface area contributed by atoms with Crippen molar-refractivity contribution in [1.29, 1.82) is 0 Å². The van der Waals surface area contributed by atoms with Crippen molar-refractivity contribution in [1.82, 2.24) is 10.1 Å². The van der Waals surface area contributed by atoms with Gasteiger partial charge in [-0.2, -0.15) is 4.98 Å². The molecule has 1 aromatic carbocycles. The van der Waals surface area contributed by atoms with Gasteiger partial charge < -0.3 is 9.84 Å². The first kappa shape index (κ1) is 10.7. The summed E-state index contributed by atoms with van der Waals surface area (Å²) >= 11 is 0. The van der Waals surface area contributed by atoms with Crippen molar-refractivity contribution in [2.45, 2.75) is 27.3 Å². The van der Waals surface area contributed by atoms with Gasteiger partial charge in [-0.1, -0.05) is 11.2 Å². The van der Waals surface area contributed by atoms with Gasteiger partial charge in [-0.3, -0.25) is 0 Å². The third-order valence-corrected chi connectivity index (χ3v) is 2.24. The molecule has 0 aliphatic heterocycles. The Kier molecular flexibility index (Phi) is 2.90. The third-order valence-electron chi connectivity index (χ3n) is 2.24. The molecule has 0 atom stereocenters. The van der Waals surface area contributed by atoms with Gasteiger partial charge in [0.15, 0.2) is 5.82 Å². The maximum Gasteiger partial charge on any atom is 0.223 e. The summed E-state index contributed by atoms with van der Waals surface area (Å²) < 4.78 is 4.90. The van der Waals surface area contributed by atoms with E-state index in [1.54, 1.807) is 6.92 Å². The van der Waals surface area contributed by atoms with Crippen molar-refractivity contribution in [2.75, 3.05) is 5.32 Å². The molecule has 0 spiro atoms. The van der Waals surface area contributed by atoms with Crippen LogP contribution in [0.1, 0.15) is 22.8 Å². The number of hydrogen-bond acceptors (Lipinski definition) is 4. The van der Waals surface area contributed by atoms with Crippen molar-refractivity contribution in [3.63, 3.8) is 0 Å². The van der Waals surface area contributed by atoms with E-state index in [0.717, 1.165) is 5.69 Å². The molecule has 1 N–H and O–H groups in total. The summed E-state index contributed by atoms with van der Waals surface area (Å²) in [5.74, 6) is 1.27. The van der Waals surface area contributed by atoms with Gasteiger partial charge in [-0.25, -0.2) is 0 Å². The second kappa shape index (κ2) is 4.35. The Morgan fingerprint density at radius 2 is 1.81 bits per heavy atom. The Bertz CT molecular complexity index is 471. The molecule has 84 valence electrons. The van der Waals surface area contributed by atoms with Gasteiger partial charge in [0.05, 0.1) is 6.54 Å². The number of aryl methyl sites for hydroxylation is 3. The lowest BCUT2D eigenvalue weighted by molar-refractivity contribution is 0.388. The minimum absolute atomic E-state index is 0.584. The van der Waals surface area contributed by atoms with E-state index in [1.165, 1.54) is 11.1 Å². The van der Waals surface area contributed by atoms with Gasteiger partial charge in [0.2, 0.25) is 5.89 Å². The van der Waals surface area contributed by atoms with E-state index < -0.39 is 0 Å². The summed E-state index contributed by atoms with van der Waals surface area (Å²) in [7, 11) is 0. The van der Waals surface area contributed by atoms with Gasteiger partial charge in [-0.15, -0.1) is 0 Å². The molecule has 0 radical (unpaired) electrons. The Morgan fingerprint density at radius 1 is 1.12 bits per heavy atom. The highest BCUT2D eigenvalue weighted by Crippen LogP contribution is 2.14. The number of nitrogens with one attached hydrogen (secondary N) is 1. The number of aromatic nitrogens is 2. The van der Waals surface area contributed by atoms with Crippen LogP contribution in [0.25, 0.3) is 0 Å². The van der Waals surface area contributed by atoms with Crippen molar-refractivity contribution in [3.05, 3.63) is 41.0 Å². The zero-order valence-electron chi connectivity index (χ0n) is 9.74. The fourth-order valence-electron chi connectivity index (χ4n) is 1.67. The number of hydrogen-bond donors (Lipinski definition) is 1. The second-order valence-corrected chi connectivity index (χ2v) is 3.96. The van der Waals surface area contributed by atoms with Crippen LogP contribution in [0.3, 0.4) is 0 Å². The van der Waals surface area contributed by atoms with Gasteiger partial charge in [0.1, 0.15) is 0 Å². The van der Waals surface area contributed by atoms with E-state index in [1.807, 2.05) is 0 Å². The Labute approximate surface area is 94.7 Å². The van der Waals surface area contributed by atoms with Gasteiger partial charge in [-0.05, 0) is 37.1 Å². The maximum absolute atomic E-state index is 4.90. The minimum Gasteiger partial charge on any atom is -0.378 e. The molecule has 1 aromatic heterocycles. The molecule has 16 heavy (non-hydrogen) atoms. The first-order chi connectivity index (χ1) is 7.63. The van der Waals surface area contributed by atoms with Crippen LogP contribution < -0.4 is 5.32 Å². The van der Waals surface area contributed by atoms with Crippen molar-refractivity contribution < 1.29 is 4.52 Å². The Morgan fingerprint density at radius 3 is 2.38 bits per heavy atom. The summed E-state index contributed by atoms with van der Waals surface area (Å²) in [5.41, 5.74) is 3.57. The minimum atomic E-state index is 0.584.